The van der Waals surface area contributed by atoms with Crippen molar-refractivity contribution in [3.63, 3.8) is 0 Å². The van der Waals surface area contributed by atoms with Crippen molar-refractivity contribution in [3.05, 3.63) is 11.6 Å². The van der Waals surface area contributed by atoms with E-state index in [4.69, 9.17) is 9.47 Å². The molecule has 1 heterocycles. The van der Waals surface area contributed by atoms with Crippen molar-refractivity contribution in [2.45, 2.75) is 82.5 Å². The van der Waals surface area contributed by atoms with E-state index in [1.54, 1.807) is 0 Å². The topological polar surface area (TPSA) is 76.1 Å². The third-order valence-electron chi connectivity index (χ3n) is 10.4. The summed E-state index contributed by atoms with van der Waals surface area (Å²) in [5, 5.41) is 11.7. The number of hydrogen-bond acceptors (Lipinski definition) is 5. The summed E-state index contributed by atoms with van der Waals surface area (Å²) in [6.07, 6.45) is 8.22. The first kappa shape index (κ1) is 32.6. The van der Waals surface area contributed by atoms with E-state index in [2.05, 4.69) is 13.8 Å². The van der Waals surface area contributed by atoms with Gasteiger partial charge >= 0.3 is 5.97 Å². The molecule has 1 N–H and O–H groups in total. The van der Waals surface area contributed by atoms with Crippen molar-refractivity contribution >= 4 is 79.2 Å². The molecule has 0 aromatic carbocycles. The van der Waals surface area contributed by atoms with Crippen LogP contribution in [0.25, 0.3) is 0 Å². The summed E-state index contributed by atoms with van der Waals surface area (Å²) in [6, 6.07) is 0. The minimum atomic E-state index is -0.825. The molecule has 0 radical (unpaired) electrons. The summed E-state index contributed by atoms with van der Waals surface area (Å²) < 4.78 is 11.5. The third-order valence-corrected chi connectivity index (χ3v) is 10.4. The molecule has 10 heteroatoms. The van der Waals surface area contributed by atoms with Crippen molar-refractivity contribution in [3.8, 4) is 0 Å². The van der Waals surface area contributed by atoms with Crippen LogP contribution in [-0.4, -0.2) is 41.3 Å². The molecule has 34 heavy (non-hydrogen) atoms. The minimum absolute atomic E-state index is 0. The van der Waals surface area contributed by atoms with Crippen LogP contribution in [0.2, 0.25) is 0 Å². The first-order valence-electron chi connectivity index (χ1n) is 11.4. The quantitative estimate of drug-likeness (QED) is 0.413. The van der Waals surface area contributed by atoms with Crippen molar-refractivity contribution in [2.75, 3.05) is 7.11 Å². The number of fused-ring (bicyclic) bond motifs is 6. The number of ether oxygens (including phenoxy) is 2. The molecule has 1 spiro atoms. The Hall–Kier alpha value is 0.550. The van der Waals surface area contributed by atoms with E-state index in [0.29, 0.717) is 36.5 Å². The van der Waals surface area contributed by atoms with Gasteiger partial charge in [0.25, 0.3) is 0 Å². The molecule has 0 bridgehead atoms. The SMILES string of the molecule is COC(=O)CC[C@]1(O)CC[C@H]2[C@@H]3[C@H]4C[C@H]4C4=CC(=O)CC[C@]4(C)[C@]34OC4C[C@@]21C.S.S.S.S.S. The molecule has 198 valence electrons. The molecule has 4 saturated carbocycles. The summed E-state index contributed by atoms with van der Waals surface area (Å²) in [6.45, 7) is 4.61. The molecule has 1 unspecified atom stereocenters. The molecule has 0 aromatic rings. The predicted octanol–water partition coefficient (Wildman–Crippen LogP) is 3.75. The number of ketones is 1. The fraction of sp³-hybridized carbons (Fsp3) is 0.833. The average Bonchev–Trinajstić information content (AvgIpc) is 3.58. The molecule has 9 atom stereocenters. The van der Waals surface area contributed by atoms with Crippen LogP contribution in [-0.2, 0) is 19.1 Å². The number of rotatable bonds is 3. The van der Waals surface area contributed by atoms with Crippen LogP contribution >= 0.6 is 67.5 Å². The van der Waals surface area contributed by atoms with E-state index >= 15 is 0 Å². The van der Waals surface area contributed by atoms with Gasteiger partial charge in [-0.2, -0.15) is 67.5 Å². The van der Waals surface area contributed by atoms with Crippen LogP contribution in [0.3, 0.4) is 0 Å². The maximum atomic E-state index is 12.2. The zero-order valence-electron chi connectivity index (χ0n) is 20.2. The highest BCUT2D eigenvalue weighted by atomic mass is 32.1. The second-order valence-electron chi connectivity index (χ2n) is 11.2. The summed E-state index contributed by atoms with van der Waals surface area (Å²) in [5.74, 6) is 2.07. The molecule has 5 nitrogen and oxygen atoms in total. The second-order valence-corrected chi connectivity index (χ2v) is 11.2. The predicted molar refractivity (Wildman–Crippen MR) is 157 cm³/mol. The Morgan fingerprint density at radius 3 is 2.50 bits per heavy atom. The standard InChI is InChI=1S/C24H32O5.5H2S/c1-21-7-4-13(25)10-17(21)14-11-15(14)20-16-5-8-23(27,9-6-19(26)28-3)22(16,2)12-18-24(20,21)29-18;;;;;/h10,14-16,18,20,27H,4-9,11-12H2,1-3H3;5*1H2/t14-,15+,16+,18?,20+,21+,22+,23-,24-;;;;;/m1...../s1. The van der Waals surface area contributed by atoms with E-state index < -0.39 is 5.60 Å². The van der Waals surface area contributed by atoms with Gasteiger partial charge in [-0.15, -0.1) is 0 Å². The smallest absolute Gasteiger partial charge is 0.305 e. The summed E-state index contributed by atoms with van der Waals surface area (Å²) >= 11 is 0. The van der Waals surface area contributed by atoms with Gasteiger partial charge in [-0.3, -0.25) is 9.59 Å². The first-order valence-corrected chi connectivity index (χ1v) is 11.4. The van der Waals surface area contributed by atoms with Gasteiger partial charge in [0.2, 0.25) is 0 Å². The summed E-state index contributed by atoms with van der Waals surface area (Å²) in [5.41, 5.74) is 0.177. The van der Waals surface area contributed by atoms with Gasteiger partial charge in [0.1, 0.15) is 5.60 Å². The Bertz CT molecular complexity index is 869. The van der Waals surface area contributed by atoms with Crippen molar-refractivity contribution in [1.82, 2.24) is 0 Å². The van der Waals surface area contributed by atoms with Gasteiger partial charge in [0.05, 0.1) is 18.8 Å². The van der Waals surface area contributed by atoms with Crippen molar-refractivity contribution < 1.29 is 24.2 Å². The van der Waals surface area contributed by atoms with Crippen LogP contribution < -0.4 is 0 Å². The lowest BCUT2D eigenvalue weighted by atomic mass is 9.46. The van der Waals surface area contributed by atoms with Gasteiger partial charge in [0, 0.05) is 23.7 Å². The van der Waals surface area contributed by atoms with Gasteiger partial charge in [-0.05, 0) is 68.3 Å². The van der Waals surface area contributed by atoms with E-state index in [1.807, 2.05) is 6.08 Å². The fourth-order valence-electron chi connectivity index (χ4n) is 8.75. The van der Waals surface area contributed by atoms with Crippen LogP contribution in [0.5, 0.6) is 0 Å². The molecule has 1 aliphatic heterocycles. The zero-order valence-corrected chi connectivity index (χ0v) is 25.2. The number of carbonyl (C=O) groups is 2. The van der Waals surface area contributed by atoms with Gasteiger partial charge < -0.3 is 14.6 Å². The Morgan fingerprint density at radius 2 is 1.85 bits per heavy atom. The maximum absolute atomic E-state index is 12.2. The van der Waals surface area contributed by atoms with Crippen molar-refractivity contribution in [2.24, 2.45) is 34.5 Å². The van der Waals surface area contributed by atoms with E-state index in [9.17, 15) is 14.7 Å². The molecule has 5 fully saturated rings. The number of carbonyl (C=O) groups excluding carboxylic acids is 2. The number of hydrogen-bond donors (Lipinski definition) is 1. The highest BCUT2D eigenvalue weighted by molar-refractivity contribution is 7.60. The molecule has 0 aromatic heterocycles. The molecule has 6 rings (SSSR count). The lowest BCUT2D eigenvalue weighted by Crippen LogP contribution is -2.60. The van der Waals surface area contributed by atoms with Crippen molar-refractivity contribution in [1.29, 1.82) is 0 Å². The number of aliphatic hydroxyl groups is 1. The molecule has 0 amide bonds. The zero-order chi connectivity index (χ0) is 20.4. The lowest BCUT2D eigenvalue weighted by molar-refractivity contribution is -0.147. The van der Waals surface area contributed by atoms with Gasteiger partial charge in [-0.25, -0.2) is 0 Å². The molecule has 1 saturated heterocycles. The Balaban J connectivity index is 0.00000116. The fourth-order valence-corrected chi connectivity index (χ4v) is 8.75. The minimum Gasteiger partial charge on any atom is -0.469 e. The first-order chi connectivity index (χ1) is 13.7. The summed E-state index contributed by atoms with van der Waals surface area (Å²) in [4.78, 5) is 24.0. The maximum Gasteiger partial charge on any atom is 0.305 e. The number of methoxy groups -OCH3 is 1. The highest BCUT2D eigenvalue weighted by Crippen LogP contribution is 2.82. The second kappa shape index (κ2) is 10.0. The lowest BCUT2D eigenvalue weighted by Gasteiger charge is -2.56. The Morgan fingerprint density at radius 1 is 1.18 bits per heavy atom. The van der Waals surface area contributed by atoms with Gasteiger partial charge in [0.15, 0.2) is 5.78 Å². The van der Waals surface area contributed by atoms with Crippen LogP contribution in [0, 0.1) is 34.5 Å². The molecule has 5 aliphatic carbocycles. The van der Waals surface area contributed by atoms with E-state index in [0.717, 1.165) is 25.7 Å². The number of epoxide rings is 1. The highest BCUT2D eigenvalue weighted by Gasteiger charge is 2.84. The van der Waals surface area contributed by atoms with E-state index in [-0.39, 0.29) is 108 Å². The van der Waals surface area contributed by atoms with Gasteiger partial charge in [-0.1, -0.05) is 19.4 Å². The Labute approximate surface area is 238 Å². The van der Waals surface area contributed by atoms with Crippen LogP contribution in [0.15, 0.2) is 11.6 Å². The Kier molecular flexibility index (Phi) is 9.60. The molecular formula is C24H42O5S5. The largest absolute Gasteiger partial charge is 0.469 e. The normalized spacial score (nSPS) is 47.9. The summed E-state index contributed by atoms with van der Waals surface area (Å²) in [7, 11) is 1.41. The van der Waals surface area contributed by atoms with E-state index in [1.165, 1.54) is 19.1 Å². The molecular weight excluding hydrogens is 529 g/mol. The monoisotopic (exact) mass is 570 g/mol. The van der Waals surface area contributed by atoms with Crippen LogP contribution in [0.4, 0.5) is 0 Å². The number of esters is 1. The average molecular weight is 571 g/mol. The third kappa shape index (κ3) is 3.78. The molecule has 6 aliphatic rings. The van der Waals surface area contributed by atoms with Crippen LogP contribution in [0.1, 0.15) is 65.2 Å².